The lowest BCUT2D eigenvalue weighted by Crippen LogP contribution is -2.15. The molecule has 0 saturated carbocycles. The molecule has 4 aromatic rings. The molecule has 8 heteroatoms. The number of rotatable bonds is 2. The molecule has 0 atom stereocenters. The van der Waals surface area contributed by atoms with Crippen LogP contribution < -0.4 is 14.3 Å². The first kappa shape index (κ1) is 16.8. The van der Waals surface area contributed by atoms with Gasteiger partial charge in [0.25, 0.3) is 0 Å². The van der Waals surface area contributed by atoms with Crippen LogP contribution >= 0.6 is 11.3 Å². The number of hydrogen-bond acceptors (Lipinski definition) is 6. The fourth-order valence-corrected chi connectivity index (χ4v) is 4.06. The van der Waals surface area contributed by atoms with E-state index in [1.807, 2.05) is 54.1 Å². The van der Waals surface area contributed by atoms with E-state index in [4.69, 9.17) is 14.0 Å². The maximum atomic E-state index is 12.6. The molecule has 140 valence electrons. The van der Waals surface area contributed by atoms with E-state index in [-0.39, 0.29) is 5.69 Å². The molecule has 0 unspecified atom stereocenters. The van der Waals surface area contributed by atoms with E-state index < -0.39 is 5.91 Å². The summed E-state index contributed by atoms with van der Waals surface area (Å²) in [5.41, 5.74) is 1.94. The molecule has 2 aromatic carbocycles. The highest BCUT2D eigenvalue weighted by Gasteiger charge is 2.17. The van der Waals surface area contributed by atoms with Crippen molar-refractivity contribution in [3.63, 3.8) is 0 Å². The first-order valence-corrected chi connectivity index (χ1v) is 9.51. The number of amides is 1. The van der Waals surface area contributed by atoms with Crippen LogP contribution in [0.15, 0.2) is 58.0 Å². The summed E-state index contributed by atoms with van der Waals surface area (Å²) in [6.07, 6.45) is 0. The maximum absolute atomic E-state index is 12.6. The normalized spacial score (nSPS) is 13.8. The third-order valence-corrected chi connectivity index (χ3v) is 5.55. The molecule has 1 aliphatic heterocycles. The zero-order chi connectivity index (χ0) is 19.1. The van der Waals surface area contributed by atoms with Gasteiger partial charge in [0.05, 0.1) is 10.2 Å². The Labute approximate surface area is 163 Å². The van der Waals surface area contributed by atoms with Crippen LogP contribution in [0.5, 0.6) is 11.5 Å². The van der Waals surface area contributed by atoms with Crippen molar-refractivity contribution in [2.45, 2.75) is 0 Å². The van der Waals surface area contributed by atoms with Crippen LogP contribution in [0.1, 0.15) is 10.5 Å². The van der Waals surface area contributed by atoms with Crippen LogP contribution in [-0.2, 0) is 7.05 Å². The number of benzene rings is 2. The third kappa shape index (κ3) is 2.87. The number of nitrogens with zero attached hydrogens (tertiary/aromatic N) is 3. The number of carbonyl (C=O) groups excluding carboxylic acids is 1. The second-order valence-corrected chi connectivity index (χ2v) is 7.28. The van der Waals surface area contributed by atoms with Gasteiger partial charge in [-0.15, -0.1) is 0 Å². The van der Waals surface area contributed by atoms with Gasteiger partial charge in [0.15, 0.2) is 27.8 Å². The van der Waals surface area contributed by atoms with Crippen molar-refractivity contribution >= 4 is 27.5 Å². The zero-order valence-corrected chi connectivity index (χ0v) is 15.7. The molecule has 3 heterocycles. The van der Waals surface area contributed by atoms with Crippen molar-refractivity contribution in [2.75, 3.05) is 13.2 Å². The molecule has 0 saturated heterocycles. The maximum Gasteiger partial charge on any atom is 0.301 e. The van der Waals surface area contributed by atoms with E-state index >= 15 is 0 Å². The Bertz CT molecular complexity index is 1250. The summed E-state index contributed by atoms with van der Waals surface area (Å²) in [6, 6.07) is 14.9. The fourth-order valence-electron chi connectivity index (χ4n) is 3.03. The Kier molecular flexibility index (Phi) is 3.98. The number of aromatic nitrogens is 2. The van der Waals surface area contributed by atoms with E-state index in [0.717, 1.165) is 15.8 Å². The number of ether oxygens (including phenoxy) is 2. The lowest BCUT2D eigenvalue weighted by Gasteiger charge is -2.18. The summed E-state index contributed by atoms with van der Waals surface area (Å²) in [5.74, 6) is 1.49. The van der Waals surface area contributed by atoms with E-state index in [2.05, 4.69) is 10.1 Å². The molecule has 1 aliphatic rings. The number of carbonyl (C=O) groups is 1. The summed E-state index contributed by atoms with van der Waals surface area (Å²) >= 11 is 1.40. The molecule has 0 radical (unpaired) electrons. The topological polar surface area (TPSA) is 78.9 Å². The van der Waals surface area contributed by atoms with E-state index in [1.165, 1.54) is 11.3 Å². The molecule has 5 rings (SSSR count). The molecular formula is C20H15N3O4S. The Morgan fingerprint density at radius 2 is 1.86 bits per heavy atom. The first-order chi connectivity index (χ1) is 13.7. The van der Waals surface area contributed by atoms with Crippen LogP contribution in [0.3, 0.4) is 0 Å². The Morgan fingerprint density at radius 1 is 1.11 bits per heavy atom. The molecule has 0 N–H and O–H groups in total. The largest absolute Gasteiger partial charge is 0.486 e. The Balaban J connectivity index is 1.52. The second-order valence-electron chi connectivity index (χ2n) is 6.27. The molecule has 0 bridgehead atoms. The minimum atomic E-state index is -0.453. The monoisotopic (exact) mass is 393 g/mol. The van der Waals surface area contributed by atoms with Crippen LogP contribution in [0.4, 0.5) is 0 Å². The van der Waals surface area contributed by atoms with Gasteiger partial charge in [-0.2, -0.15) is 4.99 Å². The summed E-state index contributed by atoms with van der Waals surface area (Å²) in [6.45, 7) is 1.06. The van der Waals surface area contributed by atoms with Crippen LogP contribution in [-0.4, -0.2) is 28.8 Å². The highest BCUT2D eigenvalue weighted by molar-refractivity contribution is 7.16. The molecule has 0 spiro atoms. The molecule has 7 nitrogen and oxygen atoms in total. The van der Waals surface area contributed by atoms with Gasteiger partial charge in [-0.3, -0.25) is 4.79 Å². The highest BCUT2D eigenvalue weighted by Crippen LogP contribution is 2.35. The number of aryl methyl sites for hydroxylation is 1. The van der Waals surface area contributed by atoms with Crippen molar-refractivity contribution < 1.29 is 18.8 Å². The van der Waals surface area contributed by atoms with Gasteiger partial charge in [-0.25, -0.2) is 0 Å². The number of fused-ring (bicyclic) bond motifs is 2. The van der Waals surface area contributed by atoms with Gasteiger partial charge in [-0.1, -0.05) is 46.8 Å². The van der Waals surface area contributed by atoms with Crippen molar-refractivity contribution in [1.29, 1.82) is 0 Å². The molecular weight excluding hydrogens is 378 g/mol. The average Bonchev–Trinajstić information content (AvgIpc) is 3.33. The Morgan fingerprint density at radius 3 is 2.64 bits per heavy atom. The number of hydrogen-bond donors (Lipinski definition) is 0. The van der Waals surface area contributed by atoms with Crippen molar-refractivity contribution in [1.82, 2.24) is 9.72 Å². The molecule has 28 heavy (non-hydrogen) atoms. The van der Waals surface area contributed by atoms with Crippen LogP contribution in [0.25, 0.3) is 21.5 Å². The summed E-state index contributed by atoms with van der Waals surface area (Å²) in [7, 11) is 1.86. The van der Waals surface area contributed by atoms with Crippen LogP contribution in [0.2, 0.25) is 0 Å². The van der Waals surface area contributed by atoms with Crippen molar-refractivity contribution in [3.8, 4) is 22.8 Å². The summed E-state index contributed by atoms with van der Waals surface area (Å²) < 4.78 is 19.4. The first-order valence-electron chi connectivity index (χ1n) is 8.69. The zero-order valence-electron chi connectivity index (χ0n) is 14.9. The summed E-state index contributed by atoms with van der Waals surface area (Å²) in [5, 5.41) is 3.87. The minimum absolute atomic E-state index is 0.169. The van der Waals surface area contributed by atoms with Crippen LogP contribution in [0, 0.1) is 0 Å². The lowest BCUT2D eigenvalue weighted by molar-refractivity contribution is 0.0989. The minimum Gasteiger partial charge on any atom is -0.486 e. The van der Waals surface area contributed by atoms with Gasteiger partial charge in [0, 0.05) is 30.8 Å². The highest BCUT2D eigenvalue weighted by atomic mass is 32.1. The average molecular weight is 393 g/mol. The summed E-state index contributed by atoms with van der Waals surface area (Å²) in [4.78, 5) is 17.4. The lowest BCUT2D eigenvalue weighted by atomic mass is 10.1. The van der Waals surface area contributed by atoms with Gasteiger partial charge in [0.1, 0.15) is 13.2 Å². The van der Waals surface area contributed by atoms with E-state index in [0.29, 0.717) is 35.3 Å². The molecule has 1 amide bonds. The molecule has 0 fully saturated rings. The van der Waals surface area contributed by atoms with Gasteiger partial charge < -0.3 is 18.6 Å². The number of thiazole rings is 1. The predicted octanol–water partition coefficient (Wildman–Crippen LogP) is 3.41. The van der Waals surface area contributed by atoms with E-state index in [1.54, 1.807) is 6.07 Å². The smallest absolute Gasteiger partial charge is 0.301 e. The van der Waals surface area contributed by atoms with Gasteiger partial charge >= 0.3 is 5.91 Å². The predicted molar refractivity (Wildman–Crippen MR) is 104 cm³/mol. The Hall–Kier alpha value is -3.39. The van der Waals surface area contributed by atoms with Crippen molar-refractivity contribution in [3.05, 3.63) is 59.0 Å². The van der Waals surface area contributed by atoms with Crippen molar-refractivity contribution in [2.24, 2.45) is 12.0 Å². The quantitative estimate of drug-likeness (QED) is 0.521. The molecule has 2 aromatic heterocycles. The van der Waals surface area contributed by atoms with E-state index in [9.17, 15) is 4.79 Å². The SMILES string of the molecule is Cn1c(=NC(=O)c2cc(-c3ccccc3)on2)sc2cc3c(cc21)OCCO3. The van der Waals surface area contributed by atoms with Gasteiger partial charge in [-0.05, 0) is 0 Å². The fraction of sp³-hybridized carbons (Fsp3) is 0.150. The standard InChI is InChI=1S/C20H15N3O4S/c1-23-14-10-16-17(26-8-7-25-16)11-18(14)28-20(23)21-19(24)13-9-15(27-22-13)12-5-3-2-4-6-12/h2-6,9-11H,7-8H2,1H3. The third-order valence-electron chi connectivity index (χ3n) is 4.46. The van der Waals surface area contributed by atoms with Gasteiger partial charge in [0.2, 0.25) is 0 Å². The molecule has 0 aliphatic carbocycles. The second kappa shape index (κ2) is 6.65.